The molecule has 0 unspecified atom stereocenters. The average Bonchev–Trinajstić information content (AvgIpc) is 3.17. The zero-order valence-corrected chi connectivity index (χ0v) is 16.0. The van der Waals surface area contributed by atoms with Crippen LogP contribution in [-0.4, -0.2) is 9.55 Å². The summed E-state index contributed by atoms with van der Waals surface area (Å²) in [5.74, 6) is 0. The SMILES string of the molecule is N#Cc1ccc(Cc2cncn2Cc2ccc(-c3ccccc3)cc2Cl)cc1. The van der Waals surface area contributed by atoms with Gasteiger partial charge in [-0.1, -0.05) is 66.2 Å². The van der Waals surface area contributed by atoms with Crippen molar-refractivity contribution in [1.82, 2.24) is 9.55 Å². The summed E-state index contributed by atoms with van der Waals surface area (Å²) in [5.41, 5.74) is 6.24. The minimum Gasteiger partial charge on any atom is -0.330 e. The molecule has 3 nitrogen and oxygen atoms in total. The van der Waals surface area contributed by atoms with Crippen LogP contribution in [0.15, 0.2) is 85.3 Å². The molecule has 0 aliphatic rings. The van der Waals surface area contributed by atoms with Crippen molar-refractivity contribution in [2.45, 2.75) is 13.0 Å². The van der Waals surface area contributed by atoms with Gasteiger partial charge in [-0.2, -0.15) is 5.26 Å². The van der Waals surface area contributed by atoms with Crippen molar-refractivity contribution < 1.29 is 0 Å². The summed E-state index contributed by atoms with van der Waals surface area (Å²) < 4.78 is 2.11. The van der Waals surface area contributed by atoms with Crippen LogP contribution in [0.2, 0.25) is 5.02 Å². The van der Waals surface area contributed by atoms with Crippen molar-refractivity contribution in [3.8, 4) is 17.2 Å². The topological polar surface area (TPSA) is 41.6 Å². The standard InChI is InChI=1S/C24H18ClN3/c25-24-13-21(20-4-2-1-3-5-20)10-11-22(24)16-28-17-27-15-23(28)12-18-6-8-19(14-26)9-7-18/h1-11,13,15,17H,12,16H2. The summed E-state index contributed by atoms with van der Waals surface area (Å²) in [7, 11) is 0. The molecule has 0 saturated heterocycles. The van der Waals surface area contributed by atoms with Crippen LogP contribution in [-0.2, 0) is 13.0 Å². The van der Waals surface area contributed by atoms with Crippen LogP contribution < -0.4 is 0 Å². The van der Waals surface area contributed by atoms with E-state index in [-0.39, 0.29) is 0 Å². The molecule has 4 aromatic rings. The Balaban J connectivity index is 1.54. The predicted molar refractivity (Wildman–Crippen MR) is 112 cm³/mol. The van der Waals surface area contributed by atoms with E-state index in [4.69, 9.17) is 16.9 Å². The zero-order chi connectivity index (χ0) is 19.3. The maximum Gasteiger partial charge on any atom is 0.0991 e. The van der Waals surface area contributed by atoms with E-state index in [2.05, 4.69) is 39.9 Å². The second-order valence-corrected chi connectivity index (χ2v) is 7.08. The molecule has 0 radical (unpaired) electrons. The van der Waals surface area contributed by atoms with Gasteiger partial charge in [0.15, 0.2) is 0 Å². The van der Waals surface area contributed by atoms with Crippen molar-refractivity contribution in [2.24, 2.45) is 0 Å². The Bertz CT molecular complexity index is 1120. The van der Waals surface area contributed by atoms with Crippen LogP contribution in [0.5, 0.6) is 0 Å². The molecule has 1 heterocycles. The molecule has 0 aliphatic heterocycles. The Morgan fingerprint density at radius 1 is 0.929 bits per heavy atom. The Morgan fingerprint density at radius 2 is 1.71 bits per heavy atom. The molecule has 0 spiro atoms. The van der Waals surface area contributed by atoms with E-state index in [1.54, 1.807) is 0 Å². The van der Waals surface area contributed by atoms with Gasteiger partial charge in [0.25, 0.3) is 0 Å². The zero-order valence-electron chi connectivity index (χ0n) is 15.2. The molecule has 1 aromatic heterocycles. The van der Waals surface area contributed by atoms with Gasteiger partial charge in [-0.3, -0.25) is 0 Å². The van der Waals surface area contributed by atoms with Gasteiger partial charge in [-0.05, 0) is 40.5 Å². The Hall–Kier alpha value is -3.35. The number of benzene rings is 3. The average molecular weight is 384 g/mol. The van der Waals surface area contributed by atoms with Gasteiger partial charge in [-0.15, -0.1) is 0 Å². The number of halogens is 1. The molecule has 0 fully saturated rings. The lowest BCUT2D eigenvalue weighted by Crippen LogP contribution is -2.04. The molecule has 136 valence electrons. The van der Waals surface area contributed by atoms with E-state index in [1.807, 2.05) is 61.1 Å². The van der Waals surface area contributed by atoms with Gasteiger partial charge < -0.3 is 4.57 Å². The first-order valence-corrected chi connectivity index (χ1v) is 9.42. The van der Waals surface area contributed by atoms with E-state index >= 15 is 0 Å². The third-order valence-electron chi connectivity index (χ3n) is 4.77. The number of imidazole rings is 1. The maximum absolute atomic E-state index is 8.94. The summed E-state index contributed by atoms with van der Waals surface area (Å²) in [6.45, 7) is 0.666. The van der Waals surface area contributed by atoms with Crippen molar-refractivity contribution in [3.63, 3.8) is 0 Å². The van der Waals surface area contributed by atoms with Crippen LogP contribution in [0.25, 0.3) is 11.1 Å². The van der Waals surface area contributed by atoms with Gasteiger partial charge >= 0.3 is 0 Å². The van der Waals surface area contributed by atoms with Crippen LogP contribution in [0.1, 0.15) is 22.4 Å². The van der Waals surface area contributed by atoms with Crippen molar-refractivity contribution >= 4 is 11.6 Å². The normalized spacial score (nSPS) is 10.6. The fourth-order valence-electron chi connectivity index (χ4n) is 3.21. The van der Waals surface area contributed by atoms with E-state index in [9.17, 15) is 0 Å². The molecule has 4 rings (SSSR count). The van der Waals surface area contributed by atoms with Gasteiger partial charge in [0.05, 0.1) is 24.5 Å². The maximum atomic E-state index is 8.94. The first kappa shape index (κ1) is 18.0. The number of aromatic nitrogens is 2. The smallest absolute Gasteiger partial charge is 0.0991 e. The third kappa shape index (κ3) is 3.98. The lowest BCUT2D eigenvalue weighted by molar-refractivity contribution is 0.754. The van der Waals surface area contributed by atoms with E-state index < -0.39 is 0 Å². The largest absolute Gasteiger partial charge is 0.330 e. The van der Waals surface area contributed by atoms with Crippen LogP contribution >= 0.6 is 11.6 Å². The first-order valence-electron chi connectivity index (χ1n) is 9.05. The number of nitriles is 1. The number of rotatable bonds is 5. The lowest BCUT2D eigenvalue weighted by Gasteiger charge is -2.11. The van der Waals surface area contributed by atoms with Crippen molar-refractivity contribution in [2.75, 3.05) is 0 Å². The second kappa shape index (κ2) is 8.12. The molecule has 0 bridgehead atoms. The lowest BCUT2D eigenvalue weighted by atomic mass is 10.0. The molecule has 0 N–H and O–H groups in total. The Kier molecular flexibility index (Phi) is 5.23. The molecule has 4 heteroatoms. The van der Waals surface area contributed by atoms with Crippen molar-refractivity contribution in [1.29, 1.82) is 5.26 Å². The highest BCUT2D eigenvalue weighted by molar-refractivity contribution is 6.31. The number of nitrogens with zero attached hydrogens (tertiary/aromatic N) is 3. The molecule has 28 heavy (non-hydrogen) atoms. The molecule has 0 atom stereocenters. The highest BCUT2D eigenvalue weighted by Crippen LogP contribution is 2.26. The summed E-state index contributed by atoms with van der Waals surface area (Å²) in [5, 5.41) is 9.68. The van der Waals surface area contributed by atoms with Gasteiger partial charge in [0.2, 0.25) is 0 Å². The van der Waals surface area contributed by atoms with Gasteiger partial charge in [0, 0.05) is 23.3 Å². The number of hydrogen-bond acceptors (Lipinski definition) is 2. The minimum absolute atomic E-state index is 0.666. The fraction of sp³-hybridized carbons (Fsp3) is 0.0833. The number of hydrogen-bond donors (Lipinski definition) is 0. The summed E-state index contributed by atoms with van der Waals surface area (Å²) in [6.07, 6.45) is 4.47. The van der Waals surface area contributed by atoms with Gasteiger partial charge in [-0.25, -0.2) is 4.98 Å². The second-order valence-electron chi connectivity index (χ2n) is 6.67. The molecular formula is C24H18ClN3. The Labute approximate surface area is 169 Å². The van der Waals surface area contributed by atoms with Gasteiger partial charge in [0.1, 0.15) is 0 Å². The van der Waals surface area contributed by atoms with E-state index in [0.29, 0.717) is 12.1 Å². The third-order valence-corrected chi connectivity index (χ3v) is 5.12. The molecule has 0 aliphatic carbocycles. The molecule has 0 saturated carbocycles. The highest BCUT2D eigenvalue weighted by atomic mass is 35.5. The fourth-order valence-corrected chi connectivity index (χ4v) is 3.45. The monoisotopic (exact) mass is 383 g/mol. The van der Waals surface area contributed by atoms with E-state index in [0.717, 1.165) is 39.4 Å². The summed E-state index contributed by atoms with van der Waals surface area (Å²) >= 11 is 6.58. The minimum atomic E-state index is 0.666. The quantitative estimate of drug-likeness (QED) is 0.442. The summed E-state index contributed by atoms with van der Waals surface area (Å²) in [4.78, 5) is 4.31. The predicted octanol–water partition coefficient (Wildman–Crippen LogP) is 5.71. The summed E-state index contributed by atoms with van der Waals surface area (Å²) in [6, 6.07) is 26.2. The van der Waals surface area contributed by atoms with Crippen LogP contribution in [0.3, 0.4) is 0 Å². The molecule has 3 aromatic carbocycles. The highest BCUT2D eigenvalue weighted by Gasteiger charge is 2.08. The Morgan fingerprint density at radius 3 is 2.43 bits per heavy atom. The van der Waals surface area contributed by atoms with Crippen LogP contribution in [0.4, 0.5) is 0 Å². The van der Waals surface area contributed by atoms with E-state index in [1.165, 1.54) is 0 Å². The van der Waals surface area contributed by atoms with Crippen LogP contribution in [0, 0.1) is 11.3 Å². The van der Waals surface area contributed by atoms with Crippen molar-refractivity contribution in [3.05, 3.63) is 113 Å². The molecule has 0 amide bonds. The molecular weight excluding hydrogens is 366 g/mol. The first-order chi connectivity index (χ1) is 13.7.